The Morgan fingerprint density at radius 2 is 2.00 bits per heavy atom. The molecular formula is C10H16N2O. The lowest BCUT2D eigenvalue weighted by molar-refractivity contribution is 0.340. The lowest BCUT2D eigenvalue weighted by Gasteiger charge is -2.04. The largest absolute Gasteiger partial charge is 0.494 e. The molecule has 3 heteroatoms. The van der Waals surface area contributed by atoms with E-state index in [1.165, 1.54) is 5.56 Å². The van der Waals surface area contributed by atoms with Crippen molar-refractivity contribution in [1.29, 1.82) is 0 Å². The minimum absolute atomic E-state index is 0.507. The standard InChI is InChI=1S/C10H16N2O/c1-2-13-10-5-3-9(4-6-10)7-12-8-11/h3-6,12H,2,7-8,11H2,1H3. The maximum absolute atomic E-state index is 5.32. The molecule has 0 aliphatic rings. The van der Waals surface area contributed by atoms with Crippen molar-refractivity contribution in [3.8, 4) is 5.75 Å². The van der Waals surface area contributed by atoms with Crippen LogP contribution in [-0.4, -0.2) is 13.3 Å². The van der Waals surface area contributed by atoms with Gasteiger partial charge in [0, 0.05) is 13.2 Å². The van der Waals surface area contributed by atoms with E-state index in [0.717, 1.165) is 12.3 Å². The third kappa shape index (κ3) is 3.44. The highest BCUT2D eigenvalue weighted by molar-refractivity contribution is 5.27. The maximum Gasteiger partial charge on any atom is 0.119 e. The molecule has 0 unspecified atom stereocenters. The Balaban J connectivity index is 2.48. The van der Waals surface area contributed by atoms with Gasteiger partial charge in [0.05, 0.1) is 6.61 Å². The first kappa shape index (κ1) is 10.0. The number of rotatable bonds is 5. The van der Waals surface area contributed by atoms with Crippen molar-refractivity contribution in [1.82, 2.24) is 5.32 Å². The van der Waals surface area contributed by atoms with E-state index >= 15 is 0 Å². The van der Waals surface area contributed by atoms with Crippen LogP contribution >= 0.6 is 0 Å². The summed E-state index contributed by atoms with van der Waals surface area (Å²) in [7, 11) is 0. The Labute approximate surface area is 78.9 Å². The highest BCUT2D eigenvalue weighted by Gasteiger charge is 1.93. The quantitative estimate of drug-likeness (QED) is 0.667. The normalized spacial score (nSPS) is 10.0. The van der Waals surface area contributed by atoms with Crippen molar-refractivity contribution in [2.75, 3.05) is 13.3 Å². The molecule has 0 bridgehead atoms. The van der Waals surface area contributed by atoms with E-state index in [4.69, 9.17) is 10.5 Å². The van der Waals surface area contributed by atoms with Crippen molar-refractivity contribution >= 4 is 0 Å². The van der Waals surface area contributed by atoms with Gasteiger partial charge in [0.2, 0.25) is 0 Å². The van der Waals surface area contributed by atoms with Gasteiger partial charge in [-0.05, 0) is 24.6 Å². The van der Waals surface area contributed by atoms with Gasteiger partial charge in [-0.1, -0.05) is 12.1 Å². The second-order valence-electron chi connectivity index (χ2n) is 2.71. The molecule has 13 heavy (non-hydrogen) atoms. The first-order valence-electron chi connectivity index (χ1n) is 4.49. The molecule has 0 amide bonds. The van der Waals surface area contributed by atoms with Crippen LogP contribution in [0.2, 0.25) is 0 Å². The monoisotopic (exact) mass is 180 g/mol. The molecule has 0 radical (unpaired) electrons. The number of hydrogen-bond donors (Lipinski definition) is 2. The summed E-state index contributed by atoms with van der Waals surface area (Å²) in [6.45, 7) is 4.00. The Morgan fingerprint density at radius 1 is 1.31 bits per heavy atom. The molecule has 72 valence electrons. The summed E-state index contributed by atoms with van der Waals surface area (Å²) in [5, 5.41) is 3.05. The minimum Gasteiger partial charge on any atom is -0.494 e. The Bertz CT molecular complexity index is 233. The molecule has 1 rings (SSSR count). The summed E-state index contributed by atoms with van der Waals surface area (Å²) < 4.78 is 5.32. The smallest absolute Gasteiger partial charge is 0.119 e. The summed E-state index contributed by atoms with van der Waals surface area (Å²) in [4.78, 5) is 0. The van der Waals surface area contributed by atoms with Gasteiger partial charge in [0.1, 0.15) is 5.75 Å². The lowest BCUT2D eigenvalue weighted by Crippen LogP contribution is -2.21. The Hall–Kier alpha value is -1.06. The van der Waals surface area contributed by atoms with Crippen LogP contribution in [0.4, 0.5) is 0 Å². The second-order valence-corrected chi connectivity index (χ2v) is 2.71. The summed E-state index contributed by atoms with van der Waals surface area (Å²) in [6, 6.07) is 8.01. The Morgan fingerprint density at radius 3 is 2.54 bits per heavy atom. The minimum atomic E-state index is 0.507. The molecule has 0 saturated heterocycles. The summed E-state index contributed by atoms with van der Waals surface area (Å²) in [5.74, 6) is 0.916. The molecule has 1 aromatic carbocycles. The van der Waals surface area contributed by atoms with Crippen molar-refractivity contribution in [3.05, 3.63) is 29.8 Å². The first-order valence-corrected chi connectivity index (χ1v) is 4.49. The van der Waals surface area contributed by atoms with E-state index in [-0.39, 0.29) is 0 Å². The zero-order valence-corrected chi connectivity index (χ0v) is 7.92. The number of nitrogens with one attached hydrogen (secondary N) is 1. The molecular weight excluding hydrogens is 164 g/mol. The third-order valence-corrected chi connectivity index (χ3v) is 1.71. The van der Waals surface area contributed by atoms with Crippen LogP contribution in [0.15, 0.2) is 24.3 Å². The van der Waals surface area contributed by atoms with Gasteiger partial charge in [-0.3, -0.25) is 0 Å². The van der Waals surface area contributed by atoms with Crippen LogP contribution < -0.4 is 15.8 Å². The van der Waals surface area contributed by atoms with E-state index < -0.39 is 0 Å². The van der Waals surface area contributed by atoms with Gasteiger partial charge in [-0.15, -0.1) is 0 Å². The molecule has 0 aliphatic heterocycles. The van der Waals surface area contributed by atoms with E-state index in [1.54, 1.807) is 0 Å². The third-order valence-electron chi connectivity index (χ3n) is 1.71. The van der Waals surface area contributed by atoms with Crippen LogP contribution in [0, 0.1) is 0 Å². The molecule has 0 saturated carbocycles. The second kappa shape index (κ2) is 5.56. The molecule has 0 aliphatic carbocycles. The number of hydrogen-bond acceptors (Lipinski definition) is 3. The van der Waals surface area contributed by atoms with Crippen molar-refractivity contribution in [2.24, 2.45) is 5.73 Å². The molecule has 3 nitrogen and oxygen atoms in total. The van der Waals surface area contributed by atoms with E-state index in [2.05, 4.69) is 5.32 Å². The van der Waals surface area contributed by atoms with Crippen LogP contribution in [0.25, 0.3) is 0 Å². The van der Waals surface area contributed by atoms with Gasteiger partial charge in [0.25, 0.3) is 0 Å². The number of benzene rings is 1. The number of ether oxygens (including phenoxy) is 1. The highest BCUT2D eigenvalue weighted by Crippen LogP contribution is 2.11. The molecule has 0 atom stereocenters. The highest BCUT2D eigenvalue weighted by atomic mass is 16.5. The fourth-order valence-electron chi connectivity index (χ4n) is 1.09. The van der Waals surface area contributed by atoms with E-state index in [1.807, 2.05) is 31.2 Å². The average Bonchev–Trinajstić information content (AvgIpc) is 2.17. The summed E-state index contributed by atoms with van der Waals surface area (Å²) in [6.07, 6.45) is 0. The predicted octanol–water partition coefficient (Wildman–Crippen LogP) is 1.09. The summed E-state index contributed by atoms with van der Waals surface area (Å²) >= 11 is 0. The van der Waals surface area contributed by atoms with Crippen molar-refractivity contribution in [2.45, 2.75) is 13.5 Å². The fourth-order valence-corrected chi connectivity index (χ4v) is 1.09. The van der Waals surface area contributed by atoms with Gasteiger partial charge in [-0.2, -0.15) is 0 Å². The van der Waals surface area contributed by atoms with Crippen molar-refractivity contribution in [3.63, 3.8) is 0 Å². The van der Waals surface area contributed by atoms with Crippen LogP contribution in [-0.2, 0) is 6.54 Å². The van der Waals surface area contributed by atoms with Gasteiger partial charge >= 0.3 is 0 Å². The van der Waals surface area contributed by atoms with Crippen LogP contribution in [0.3, 0.4) is 0 Å². The zero-order chi connectivity index (χ0) is 9.52. The van der Waals surface area contributed by atoms with Gasteiger partial charge in [0.15, 0.2) is 0 Å². The maximum atomic E-state index is 5.32. The topological polar surface area (TPSA) is 47.3 Å². The molecule has 0 heterocycles. The molecule has 0 aromatic heterocycles. The SMILES string of the molecule is CCOc1ccc(CNCN)cc1. The van der Waals surface area contributed by atoms with Gasteiger partial charge in [-0.25, -0.2) is 0 Å². The van der Waals surface area contributed by atoms with Crippen LogP contribution in [0.5, 0.6) is 5.75 Å². The number of nitrogens with two attached hydrogens (primary N) is 1. The molecule has 0 spiro atoms. The van der Waals surface area contributed by atoms with E-state index in [9.17, 15) is 0 Å². The summed E-state index contributed by atoms with van der Waals surface area (Å²) in [5.41, 5.74) is 6.53. The average molecular weight is 180 g/mol. The fraction of sp³-hybridized carbons (Fsp3) is 0.400. The van der Waals surface area contributed by atoms with Crippen molar-refractivity contribution < 1.29 is 4.74 Å². The zero-order valence-electron chi connectivity index (χ0n) is 7.92. The predicted molar refractivity (Wildman–Crippen MR) is 53.5 cm³/mol. The molecule has 3 N–H and O–H groups in total. The molecule has 1 aromatic rings. The Kier molecular flexibility index (Phi) is 4.29. The molecule has 0 fully saturated rings. The van der Waals surface area contributed by atoms with E-state index in [0.29, 0.717) is 13.3 Å². The first-order chi connectivity index (χ1) is 6.36. The van der Waals surface area contributed by atoms with Crippen LogP contribution in [0.1, 0.15) is 12.5 Å². The van der Waals surface area contributed by atoms with Gasteiger partial charge < -0.3 is 15.8 Å². The lowest BCUT2D eigenvalue weighted by atomic mass is 10.2.